The van der Waals surface area contributed by atoms with Gasteiger partial charge in [0.2, 0.25) is 0 Å². The lowest BCUT2D eigenvalue weighted by Crippen LogP contribution is -2.17. The first-order valence-electron chi connectivity index (χ1n) is 2.22. The molecule has 0 fully saturated rings. The Balaban J connectivity index is 3.47. The largest absolute Gasteiger partial charge is 0.391 e. The van der Waals surface area contributed by atoms with Crippen molar-refractivity contribution in [3.05, 3.63) is 0 Å². The first kappa shape index (κ1) is 8.65. The monoisotopic (exact) mass is 148 g/mol. The van der Waals surface area contributed by atoms with Crippen molar-refractivity contribution in [2.75, 3.05) is 6.67 Å². The Kier molecular flexibility index (Phi) is 2.87. The minimum absolute atomic E-state index is 1.57. The molecule has 5 heteroatoms. The maximum absolute atomic E-state index is 11.5. The minimum Gasteiger partial charge on any atom is -0.248 e. The van der Waals surface area contributed by atoms with Crippen LogP contribution in [0.2, 0.25) is 0 Å². The Bertz CT molecular complexity index is 75.5. The summed E-state index contributed by atoms with van der Waals surface area (Å²) in [6.07, 6.45) is -8.68. The molecule has 0 saturated carbocycles. The van der Waals surface area contributed by atoms with Crippen LogP contribution < -0.4 is 0 Å². The summed E-state index contributed by atoms with van der Waals surface area (Å²) in [5.74, 6) is 0. The third kappa shape index (κ3) is 5.52. The van der Waals surface area contributed by atoms with E-state index in [0.29, 0.717) is 0 Å². The highest BCUT2D eigenvalue weighted by Gasteiger charge is 2.31. The van der Waals surface area contributed by atoms with Crippen molar-refractivity contribution >= 4 is 0 Å². The van der Waals surface area contributed by atoms with Crippen LogP contribution in [0, 0.1) is 0 Å². The van der Waals surface area contributed by atoms with Crippen molar-refractivity contribution < 1.29 is 22.0 Å². The summed E-state index contributed by atoms with van der Waals surface area (Å²) in [7, 11) is 0. The van der Waals surface area contributed by atoms with Crippen molar-refractivity contribution in [2.24, 2.45) is 0 Å². The van der Waals surface area contributed by atoms with Crippen molar-refractivity contribution in [3.8, 4) is 0 Å². The standard InChI is InChI=1S/C4H5F5/c5-2-3(6)1-4(7,8)9/h3H,1-2H2. The number of hydrogen-bond donors (Lipinski definition) is 0. The van der Waals surface area contributed by atoms with Gasteiger partial charge in [0.05, 0.1) is 6.42 Å². The zero-order chi connectivity index (χ0) is 7.49. The lowest BCUT2D eigenvalue weighted by Gasteiger charge is -2.06. The van der Waals surface area contributed by atoms with E-state index in [2.05, 4.69) is 0 Å². The van der Waals surface area contributed by atoms with Gasteiger partial charge in [-0.05, 0) is 0 Å². The van der Waals surface area contributed by atoms with Crippen LogP contribution in [-0.2, 0) is 0 Å². The molecular weight excluding hydrogens is 143 g/mol. The van der Waals surface area contributed by atoms with Crippen LogP contribution in [0.4, 0.5) is 22.0 Å². The fourth-order valence-electron chi connectivity index (χ4n) is 0.306. The molecule has 56 valence electrons. The first-order valence-corrected chi connectivity index (χ1v) is 2.22. The summed E-state index contributed by atoms with van der Waals surface area (Å²) >= 11 is 0. The maximum atomic E-state index is 11.5. The molecular formula is C4H5F5. The average molecular weight is 148 g/mol. The third-order valence-corrected chi connectivity index (χ3v) is 0.620. The Hall–Kier alpha value is -0.350. The molecule has 0 bridgehead atoms. The lowest BCUT2D eigenvalue weighted by atomic mass is 10.3. The quantitative estimate of drug-likeness (QED) is 0.527. The van der Waals surface area contributed by atoms with Crippen LogP contribution in [0.15, 0.2) is 0 Å². The van der Waals surface area contributed by atoms with Gasteiger partial charge >= 0.3 is 6.18 Å². The van der Waals surface area contributed by atoms with Gasteiger partial charge in [-0.25, -0.2) is 8.78 Å². The van der Waals surface area contributed by atoms with Crippen molar-refractivity contribution in [2.45, 2.75) is 18.8 Å². The molecule has 0 heterocycles. The number of rotatable bonds is 2. The summed E-state index contributed by atoms with van der Waals surface area (Å²) in [5.41, 5.74) is 0. The normalized spacial score (nSPS) is 15.7. The summed E-state index contributed by atoms with van der Waals surface area (Å²) < 4.78 is 55.8. The molecule has 0 nitrogen and oxygen atoms in total. The molecule has 0 spiro atoms. The van der Waals surface area contributed by atoms with Gasteiger partial charge in [0, 0.05) is 0 Å². The van der Waals surface area contributed by atoms with E-state index in [9.17, 15) is 22.0 Å². The number of halogens is 5. The van der Waals surface area contributed by atoms with E-state index in [0.717, 1.165) is 0 Å². The van der Waals surface area contributed by atoms with Gasteiger partial charge in [0.15, 0.2) is 0 Å². The highest BCUT2D eigenvalue weighted by molar-refractivity contribution is 4.59. The predicted molar refractivity (Wildman–Crippen MR) is 21.5 cm³/mol. The fraction of sp³-hybridized carbons (Fsp3) is 1.00. The molecule has 1 unspecified atom stereocenters. The van der Waals surface area contributed by atoms with Crippen LogP contribution in [0.5, 0.6) is 0 Å². The second-order valence-electron chi connectivity index (χ2n) is 1.57. The predicted octanol–water partition coefficient (Wildman–Crippen LogP) is 2.25. The summed E-state index contributed by atoms with van der Waals surface area (Å²) in [6.45, 7) is -1.57. The smallest absolute Gasteiger partial charge is 0.248 e. The molecule has 0 aliphatic carbocycles. The van der Waals surface area contributed by atoms with E-state index >= 15 is 0 Å². The zero-order valence-corrected chi connectivity index (χ0v) is 4.38. The summed E-state index contributed by atoms with van der Waals surface area (Å²) in [5, 5.41) is 0. The van der Waals surface area contributed by atoms with Gasteiger partial charge in [-0.15, -0.1) is 0 Å². The first-order chi connectivity index (χ1) is 3.95. The van der Waals surface area contributed by atoms with Gasteiger partial charge in [-0.2, -0.15) is 13.2 Å². The van der Waals surface area contributed by atoms with Gasteiger partial charge < -0.3 is 0 Å². The molecule has 0 aromatic carbocycles. The molecule has 0 saturated heterocycles. The molecule has 0 aliphatic rings. The number of alkyl halides is 5. The lowest BCUT2D eigenvalue weighted by molar-refractivity contribution is -0.147. The van der Waals surface area contributed by atoms with E-state index in [1.54, 1.807) is 0 Å². The Morgan fingerprint density at radius 2 is 1.67 bits per heavy atom. The molecule has 1 atom stereocenters. The van der Waals surface area contributed by atoms with E-state index in [1.807, 2.05) is 0 Å². The van der Waals surface area contributed by atoms with Crippen molar-refractivity contribution in [1.82, 2.24) is 0 Å². The van der Waals surface area contributed by atoms with Crippen LogP contribution >= 0.6 is 0 Å². The highest BCUT2D eigenvalue weighted by Crippen LogP contribution is 2.22. The van der Waals surface area contributed by atoms with Crippen LogP contribution in [-0.4, -0.2) is 19.0 Å². The van der Waals surface area contributed by atoms with Gasteiger partial charge in [-0.3, -0.25) is 0 Å². The Morgan fingerprint density at radius 3 is 1.78 bits per heavy atom. The molecule has 0 aromatic rings. The third-order valence-electron chi connectivity index (χ3n) is 0.620. The van der Waals surface area contributed by atoms with Gasteiger partial charge in [0.1, 0.15) is 12.8 Å². The molecule has 0 radical (unpaired) electrons. The average Bonchev–Trinajstić information content (AvgIpc) is 1.62. The van der Waals surface area contributed by atoms with Crippen LogP contribution in [0.1, 0.15) is 6.42 Å². The molecule has 9 heavy (non-hydrogen) atoms. The van der Waals surface area contributed by atoms with Crippen molar-refractivity contribution in [1.29, 1.82) is 0 Å². The number of hydrogen-bond acceptors (Lipinski definition) is 0. The molecule has 0 aromatic heterocycles. The van der Waals surface area contributed by atoms with E-state index in [-0.39, 0.29) is 0 Å². The van der Waals surface area contributed by atoms with E-state index in [1.165, 1.54) is 0 Å². The van der Waals surface area contributed by atoms with Crippen molar-refractivity contribution in [3.63, 3.8) is 0 Å². The molecule has 0 amide bonds. The maximum Gasteiger partial charge on any atom is 0.391 e. The second kappa shape index (κ2) is 2.98. The zero-order valence-electron chi connectivity index (χ0n) is 4.38. The SMILES string of the molecule is FCC(F)CC(F)(F)F. The summed E-state index contributed by atoms with van der Waals surface area (Å²) in [4.78, 5) is 0. The van der Waals surface area contributed by atoms with E-state index < -0.39 is 25.4 Å². The topological polar surface area (TPSA) is 0 Å². The summed E-state index contributed by atoms with van der Waals surface area (Å²) in [6, 6.07) is 0. The minimum atomic E-state index is -4.59. The molecule has 0 N–H and O–H groups in total. The Morgan fingerprint density at radius 1 is 1.22 bits per heavy atom. The Labute approximate surface area is 48.7 Å². The molecule has 0 rings (SSSR count). The van der Waals surface area contributed by atoms with E-state index in [4.69, 9.17) is 0 Å². The van der Waals surface area contributed by atoms with Crippen LogP contribution in [0.25, 0.3) is 0 Å². The van der Waals surface area contributed by atoms with Crippen LogP contribution in [0.3, 0.4) is 0 Å². The second-order valence-corrected chi connectivity index (χ2v) is 1.57. The van der Waals surface area contributed by atoms with Gasteiger partial charge in [0.25, 0.3) is 0 Å². The molecule has 0 aliphatic heterocycles. The van der Waals surface area contributed by atoms with Gasteiger partial charge in [-0.1, -0.05) is 0 Å². The highest BCUT2D eigenvalue weighted by atomic mass is 19.4. The fourth-order valence-corrected chi connectivity index (χ4v) is 0.306.